The highest BCUT2D eigenvalue weighted by molar-refractivity contribution is 5.94. The number of nitrogens with two attached hydrogens (primary N) is 1. The Morgan fingerprint density at radius 1 is 1.29 bits per heavy atom. The average molecular weight is 325 g/mol. The van der Waals surface area contributed by atoms with Crippen LogP contribution in [-0.4, -0.2) is 18.5 Å². The largest absolute Gasteiger partial charge is 0.416 e. The van der Waals surface area contributed by atoms with Gasteiger partial charge in [0.2, 0.25) is 0 Å². The van der Waals surface area contributed by atoms with Crippen molar-refractivity contribution in [3.05, 3.63) is 35.4 Å². The van der Waals surface area contributed by atoms with Gasteiger partial charge in [-0.25, -0.2) is 0 Å². The van der Waals surface area contributed by atoms with E-state index in [0.717, 1.165) is 31.4 Å². The van der Waals surface area contributed by atoms with Crippen molar-refractivity contribution in [2.24, 2.45) is 5.73 Å². The maximum absolute atomic E-state index is 12.4. The molecule has 0 bridgehead atoms. The first-order valence-electron chi connectivity index (χ1n) is 6.56. The second-order valence-corrected chi connectivity index (χ2v) is 4.62. The SMILES string of the molecule is CCCCC(CN)NC(=O)c1ccc(C(F)(F)F)cc1.Cl. The summed E-state index contributed by atoms with van der Waals surface area (Å²) in [5, 5.41) is 2.73. The smallest absolute Gasteiger partial charge is 0.348 e. The van der Waals surface area contributed by atoms with Crippen LogP contribution in [0.2, 0.25) is 0 Å². The number of carbonyl (C=O) groups excluding carboxylic acids is 1. The molecule has 7 heteroatoms. The van der Waals surface area contributed by atoms with Crippen LogP contribution in [0.1, 0.15) is 42.1 Å². The van der Waals surface area contributed by atoms with Crippen molar-refractivity contribution in [1.82, 2.24) is 5.32 Å². The zero-order valence-electron chi connectivity index (χ0n) is 11.7. The van der Waals surface area contributed by atoms with Crippen molar-refractivity contribution in [3.63, 3.8) is 0 Å². The van der Waals surface area contributed by atoms with Gasteiger partial charge in [-0.3, -0.25) is 4.79 Å². The van der Waals surface area contributed by atoms with Crippen LogP contribution in [0.4, 0.5) is 13.2 Å². The first kappa shape index (κ1) is 19.7. The van der Waals surface area contributed by atoms with Crippen molar-refractivity contribution in [2.45, 2.75) is 38.4 Å². The van der Waals surface area contributed by atoms with Crippen LogP contribution < -0.4 is 11.1 Å². The van der Waals surface area contributed by atoms with Gasteiger partial charge in [0.15, 0.2) is 0 Å². The monoisotopic (exact) mass is 324 g/mol. The number of hydrogen-bond donors (Lipinski definition) is 2. The molecule has 0 heterocycles. The molecule has 1 rings (SSSR count). The van der Waals surface area contributed by atoms with Crippen molar-refractivity contribution in [2.75, 3.05) is 6.54 Å². The summed E-state index contributed by atoms with van der Waals surface area (Å²) >= 11 is 0. The van der Waals surface area contributed by atoms with Crippen LogP contribution in [0.25, 0.3) is 0 Å². The molecule has 0 radical (unpaired) electrons. The molecular formula is C14H20ClF3N2O. The fourth-order valence-electron chi connectivity index (χ4n) is 1.78. The van der Waals surface area contributed by atoms with E-state index >= 15 is 0 Å². The lowest BCUT2D eigenvalue weighted by molar-refractivity contribution is -0.137. The molecule has 1 aromatic rings. The lowest BCUT2D eigenvalue weighted by Crippen LogP contribution is -2.40. The van der Waals surface area contributed by atoms with E-state index in [-0.39, 0.29) is 24.0 Å². The molecule has 120 valence electrons. The molecule has 3 N–H and O–H groups in total. The van der Waals surface area contributed by atoms with Gasteiger partial charge in [-0.15, -0.1) is 12.4 Å². The van der Waals surface area contributed by atoms with Crippen molar-refractivity contribution in [1.29, 1.82) is 0 Å². The molecule has 0 aliphatic rings. The summed E-state index contributed by atoms with van der Waals surface area (Å²) < 4.78 is 37.2. The number of halogens is 4. The van der Waals surface area contributed by atoms with Gasteiger partial charge in [0, 0.05) is 18.2 Å². The number of benzene rings is 1. The number of hydrogen-bond acceptors (Lipinski definition) is 2. The van der Waals surface area contributed by atoms with Crippen molar-refractivity contribution >= 4 is 18.3 Å². The third-order valence-corrected chi connectivity index (χ3v) is 3.00. The normalized spacial score (nSPS) is 12.4. The lowest BCUT2D eigenvalue weighted by Gasteiger charge is -2.16. The molecule has 0 saturated heterocycles. The number of unbranched alkanes of at least 4 members (excludes halogenated alkanes) is 1. The number of carbonyl (C=O) groups is 1. The molecular weight excluding hydrogens is 305 g/mol. The fraction of sp³-hybridized carbons (Fsp3) is 0.500. The third kappa shape index (κ3) is 6.35. The van der Waals surface area contributed by atoms with Gasteiger partial charge in [0.05, 0.1) is 5.56 Å². The van der Waals surface area contributed by atoms with E-state index in [1.165, 1.54) is 12.1 Å². The second-order valence-electron chi connectivity index (χ2n) is 4.62. The Labute approximate surface area is 128 Å². The minimum absolute atomic E-state index is 0. The lowest BCUT2D eigenvalue weighted by atomic mass is 10.1. The van der Waals surface area contributed by atoms with Gasteiger partial charge in [-0.2, -0.15) is 13.2 Å². The van der Waals surface area contributed by atoms with E-state index in [0.29, 0.717) is 6.54 Å². The van der Waals surface area contributed by atoms with Crippen LogP contribution in [0.3, 0.4) is 0 Å². The summed E-state index contributed by atoms with van der Waals surface area (Å²) in [6.07, 6.45) is -1.70. The van der Waals surface area contributed by atoms with Crippen LogP contribution in [0.15, 0.2) is 24.3 Å². The van der Waals surface area contributed by atoms with Gasteiger partial charge in [-0.1, -0.05) is 19.8 Å². The highest BCUT2D eigenvalue weighted by Crippen LogP contribution is 2.29. The van der Waals surface area contributed by atoms with Crippen LogP contribution in [0, 0.1) is 0 Å². The zero-order chi connectivity index (χ0) is 15.2. The Hall–Kier alpha value is -1.27. The van der Waals surface area contributed by atoms with Gasteiger partial charge < -0.3 is 11.1 Å². The molecule has 1 amide bonds. The van der Waals surface area contributed by atoms with Crippen molar-refractivity contribution in [3.8, 4) is 0 Å². The van der Waals surface area contributed by atoms with E-state index < -0.39 is 17.6 Å². The van der Waals surface area contributed by atoms with E-state index in [1.807, 2.05) is 6.92 Å². The maximum Gasteiger partial charge on any atom is 0.416 e. The van der Waals surface area contributed by atoms with E-state index in [9.17, 15) is 18.0 Å². The Morgan fingerprint density at radius 3 is 2.29 bits per heavy atom. The standard InChI is InChI=1S/C14H19F3N2O.ClH/c1-2-3-4-12(9-18)19-13(20)10-5-7-11(8-6-10)14(15,16)17;/h5-8,12H,2-4,9,18H2,1H3,(H,19,20);1H. The first-order valence-corrected chi connectivity index (χ1v) is 6.56. The summed E-state index contributed by atoms with van der Waals surface area (Å²) in [6, 6.07) is 4.00. The third-order valence-electron chi connectivity index (χ3n) is 3.00. The molecule has 0 saturated carbocycles. The quantitative estimate of drug-likeness (QED) is 0.843. The molecule has 0 aromatic heterocycles. The van der Waals surface area contributed by atoms with Gasteiger partial charge >= 0.3 is 6.18 Å². The zero-order valence-corrected chi connectivity index (χ0v) is 12.6. The molecule has 21 heavy (non-hydrogen) atoms. The Bertz CT molecular complexity index is 435. The summed E-state index contributed by atoms with van der Waals surface area (Å²) in [7, 11) is 0. The molecule has 1 atom stereocenters. The minimum atomic E-state index is -4.39. The number of amides is 1. The Balaban J connectivity index is 0.00000400. The van der Waals surface area contributed by atoms with Crippen molar-refractivity contribution < 1.29 is 18.0 Å². The molecule has 1 aromatic carbocycles. The summed E-state index contributed by atoms with van der Waals surface area (Å²) in [4.78, 5) is 11.9. The average Bonchev–Trinajstić information content (AvgIpc) is 2.42. The predicted octanol–water partition coefficient (Wildman–Crippen LogP) is 3.37. The topological polar surface area (TPSA) is 55.1 Å². The molecule has 3 nitrogen and oxygen atoms in total. The molecule has 0 fully saturated rings. The number of alkyl halides is 3. The fourth-order valence-corrected chi connectivity index (χ4v) is 1.78. The van der Waals surface area contributed by atoms with Gasteiger partial charge in [0.1, 0.15) is 0 Å². The Kier molecular flexibility index (Phi) is 8.36. The summed E-state index contributed by atoms with van der Waals surface area (Å²) in [5.41, 5.74) is 4.99. The van der Waals surface area contributed by atoms with Gasteiger partial charge in [0.25, 0.3) is 5.91 Å². The van der Waals surface area contributed by atoms with Crippen LogP contribution in [0.5, 0.6) is 0 Å². The molecule has 1 unspecified atom stereocenters. The number of nitrogens with one attached hydrogen (secondary N) is 1. The Morgan fingerprint density at radius 2 is 1.86 bits per heavy atom. The maximum atomic E-state index is 12.4. The first-order chi connectivity index (χ1) is 9.38. The summed E-state index contributed by atoms with van der Waals surface area (Å²) in [6.45, 7) is 2.34. The number of rotatable bonds is 6. The van der Waals surface area contributed by atoms with E-state index in [1.54, 1.807) is 0 Å². The minimum Gasteiger partial charge on any atom is -0.348 e. The van der Waals surface area contributed by atoms with E-state index in [2.05, 4.69) is 5.32 Å². The predicted molar refractivity (Wildman–Crippen MR) is 78.5 cm³/mol. The summed E-state index contributed by atoms with van der Waals surface area (Å²) in [5.74, 6) is -0.398. The molecule has 0 aliphatic carbocycles. The molecule has 0 aliphatic heterocycles. The van der Waals surface area contributed by atoms with Crippen LogP contribution in [-0.2, 0) is 6.18 Å². The van der Waals surface area contributed by atoms with Gasteiger partial charge in [-0.05, 0) is 30.7 Å². The highest BCUT2D eigenvalue weighted by atomic mass is 35.5. The highest BCUT2D eigenvalue weighted by Gasteiger charge is 2.30. The van der Waals surface area contributed by atoms with E-state index in [4.69, 9.17) is 5.73 Å². The van der Waals surface area contributed by atoms with Crippen LogP contribution >= 0.6 is 12.4 Å². The second kappa shape index (κ2) is 8.89. The molecule has 0 spiro atoms.